The lowest BCUT2D eigenvalue weighted by Crippen LogP contribution is -2.37. The number of rotatable bonds is 5. The molecule has 0 aromatic carbocycles. The van der Waals surface area contributed by atoms with E-state index in [1.54, 1.807) is 0 Å². The second-order valence-corrected chi connectivity index (χ2v) is 5.41. The Balaban J connectivity index is 1.30. The lowest BCUT2D eigenvalue weighted by Gasteiger charge is -2.35. The van der Waals surface area contributed by atoms with Gasteiger partial charge < -0.3 is 18.9 Å². The molecule has 0 atom stereocenters. The van der Waals surface area contributed by atoms with Crippen molar-refractivity contribution in [3.63, 3.8) is 0 Å². The van der Waals surface area contributed by atoms with E-state index in [0.29, 0.717) is 12.9 Å². The lowest BCUT2D eigenvalue weighted by atomic mass is 9.92. The summed E-state index contributed by atoms with van der Waals surface area (Å²) in [6.07, 6.45) is 6.95. The van der Waals surface area contributed by atoms with Crippen LogP contribution in [0.3, 0.4) is 0 Å². The van der Waals surface area contributed by atoms with Crippen molar-refractivity contribution < 1.29 is 18.9 Å². The van der Waals surface area contributed by atoms with Crippen LogP contribution in [0, 0.1) is 5.92 Å². The van der Waals surface area contributed by atoms with Crippen molar-refractivity contribution in [1.29, 1.82) is 0 Å². The molecule has 4 heteroatoms. The maximum Gasteiger partial charge on any atom is 0.168 e. The fourth-order valence-corrected chi connectivity index (χ4v) is 2.63. The zero-order chi connectivity index (χ0) is 11.6. The van der Waals surface area contributed by atoms with Crippen LogP contribution in [0.15, 0.2) is 0 Å². The van der Waals surface area contributed by atoms with Crippen LogP contribution in [0.2, 0.25) is 0 Å². The summed E-state index contributed by atoms with van der Waals surface area (Å²) in [5, 5.41) is 0. The first-order valence-electron chi connectivity index (χ1n) is 6.84. The van der Waals surface area contributed by atoms with E-state index in [-0.39, 0.29) is 5.79 Å². The predicted molar refractivity (Wildman–Crippen MR) is 61.5 cm³/mol. The SMILES string of the molecule is C(OCC1CC1)OC1CCC2(CC1)OCCO2. The van der Waals surface area contributed by atoms with E-state index in [9.17, 15) is 0 Å². The molecule has 3 aliphatic rings. The Kier molecular flexibility index (Phi) is 3.66. The molecule has 0 unspecified atom stereocenters. The molecule has 17 heavy (non-hydrogen) atoms. The Morgan fingerprint density at radius 2 is 1.71 bits per heavy atom. The molecule has 1 aliphatic heterocycles. The van der Waals surface area contributed by atoms with Crippen molar-refractivity contribution in [2.75, 3.05) is 26.6 Å². The Hall–Kier alpha value is -0.160. The van der Waals surface area contributed by atoms with Gasteiger partial charge in [0.25, 0.3) is 0 Å². The first-order valence-corrected chi connectivity index (χ1v) is 6.84. The fraction of sp³-hybridized carbons (Fsp3) is 1.00. The molecule has 1 saturated heterocycles. The highest BCUT2D eigenvalue weighted by Crippen LogP contribution is 2.36. The average molecular weight is 242 g/mol. The molecule has 0 aromatic rings. The van der Waals surface area contributed by atoms with Gasteiger partial charge in [0.2, 0.25) is 0 Å². The van der Waals surface area contributed by atoms with E-state index in [1.807, 2.05) is 0 Å². The maximum atomic E-state index is 5.73. The van der Waals surface area contributed by atoms with Gasteiger partial charge in [-0.25, -0.2) is 0 Å². The van der Waals surface area contributed by atoms with Crippen LogP contribution in [-0.4, -0.2) is 38.5 Å². The number of ether oxygens (including phenoxy) is 4. The molecule has 2 saturated carbocycles. The Morgan fingerprint density at radius 3 is 2.35 bits per heavy atom. The van der Waals surface area contributed by atoms with Gasteiger partial charge in [-0.05, 0) is 31.6 Å². The van der Waals surface area contributed by atoms with Gasteiger partial charge in [-0.1, -0.05) is 0 Å². The topological polar surface area (TPSA) is 36.9 Å². The largest absolute Gasteiger partial charge is 0.355 e. The highest BCUT2D eigenvalue weighted by Gasteiger charge is 2.40. The fourth-order valence-electron chi connectivity index (χ4n) is 2.63. The molecule has 0 aromatic heterocycles. The van der Waals surface area contributed by atoms with Crippen LogP contribution in [0.1, 0.15) is 38.5 Å². The minimum absolute atomic E-state index is 0.269. The van der Waals surface area contributed by atoms with E-state index in [2.05, 4.69) is 0 Å². The first-order chi connectivity index (χ1) is 8.36. The van der Waals surface area contributed by atoms with Crippen molar-refractivity contribution in [2.24, 2.45) is 5.92 Å². The third kappa shape index (κ3) is 3.19. The van der Waals surface area contributed by atoms with Crippen molar-refractivity contribution in [3.05, 3.63) is 0 Å². The Morgan fingerprint density at radius 1 is 1.00 bits per heavy atom. The highest BCUT2D eigenvalue weighted by molar-refractivity contribution is 4.82. The van der Waals surface area contributed by atoms with Crippen molar-refractivity contribution in [2.45, 2.75) is 50.4 Å². The quantitative estimate of drug-likeness (QED) is 0.546. The minimum Gasteiger partial charge on any atom is -0.355 e. The van der Waals surface area contributed by atoms with Crippen LogP contribution in [0.5, 0.6) is 0 Å². The third-order valence-corrected chi connectivity index (χ3v) is 3.95. The van der Waals surface area contributed by atoms with Gasteiger partial charge in [0, 0.05) is 12.8 Å². The molecule has 0 bridgehead atoms. The first kappa shape index (κ1) is 11.9. The summed E-state index contributed by atoms with van der Waals surface area (Å²) >= 11 is 0. The molecule has 98 valence electrons. The third-order valence-electron chi connectivity index (χ3n) is 3.95. The normalized spacial score (nSPS) is 28.9. The van der Waals surface area contributed by atoms with Crippen LogP contribution < -0.4 is 0 Å². The zero-order valence-corrected chi connectivity index (χ0v) is 10.4. The standard InChI is InChI=1S/C13H22O4/c1-2-11(1)9-14-10-15-12-3-5-13(6-4-12)16-7-8-17-13/h11-12H,1-10H2. The van der Waals surface area contributed by atoms with Gasteiger partial charge in [0.15, 0.2) is 5.79 Å². The van der Waals surface area contributed by atoms with Gasteiger partial charge in [-0.3, -0.25) is 0 Å². The van der Waals surface area contributed by atoms with Crippen LogP contribution in [-0.2, 0) is 18.9 Å². The van der Waals surface area contributed by atoms with Gasteiger partial charge in [-0.15, -0.1) is 0 Å². The molecule has 1 heterocycles. The van der Waals surface area contributed by atoms with Crippen LogP contribution in [0.4, 0.5) is 0 Å². The molecule has 2 aliphatic carbocycles. The minimum atomic E-state index is -0.269. The van der Waals surface area contributed by atoms with E-state index < -0.39 is 0 Å². The number of hydrogen-bond acceptors (Lipinski definition) is 4. The summed E-state index contributed by atoms with van der Waals surface area (Å²) in [7, 11) is 0. The second kappa shape index (κ2) is 5.22. The molecule has 0 N–H and O–H groups in total. The Bertz CT molecular complexity index is 236. The molecular formula is C13H22O4. The maximum absolute atomic E-state index is 5.73. The van der Waals surface area contributed by atoms with E-state index >= 15 is 0 Å². The van der Waals surface area contributed by atoms with Crippen molar-refractivity contribution in [3.8, 4) is 0 Å². The van der Waals surface area contributed by atoms with Gasteiger partial charge in [0.05, 0.1) is 25.9 Å². The molecule has 0 amide bonds. The second-order valence-electron chi connectivity index (χ2n) is 5.41. The molecule has 0 radical (unpaired) electrons. The van der Waals surface area contributed by atoms with Crippen LogP contribution in [0.25, 0.3) is 0 Å². The van der Waals surface area contributed by atoms with E-state index in [4.69, 9.17) is 18.9 Å². The molecular weight excluding hydrogens is 220 g/mol. The molecule has 3 fully saturated rings. The zero-order valence-electron chi connectivity index (χ0n) is 10.4. The summed E-state index contributed by atoms with van der Waals surface area (Å²) in [5.74, 6) is 0.544. The summed E-state index contributed by atoms with van der Waals surface area (Å²) in [4.78, 5) is 0. The highest BCUT2D eigenvalue weighted by atomic mass is 16.7. The van der Waals surface area contributed by atoms with E-state index in [1.165, 1.54) is 12.8 Å². The van der Waals surface area contributed by atoms with Gasteiger partial charge >= 0.3 is 0 Å². The summed E-state index contributed by atoms with van der Waals surface area (Å²) in [6, 6.07) is 0. The van der Waals surface area contributed by atoms with Gasteiger partial charge in [0.1, 0.15) is 6.79 Å². The lowest BCUT2D eigenvalue weighted by molar-refractivity contribution is -0.200. The summed E-state index contributed by atoms with van der Waals surface area (Å²) < 4.78 is 22.6. The predicted octanol–water partition coefficient (Wildman–Crippen LogP) is 2.07. The van der Waals surface area contributed by atoms with E-state index in [0.717, 1.165) is 51.4 Å². The smallest absolute Gasteiger partial charge is 0.168 e. The summed E-state index contributed by atoms with van der Waals surface area (Å²) in [6.45, 7) is 2.82. The summed E-state index contributed by atoms with van der Waals surface area (Å²) in [5.41, 5.74) is 0. The molecule has 1 spiro atoms. The molecule has 3 rings (SSSR count). The van der Waals surface area contributed by atoms with Crippen molar-refractivity contribution in [1.82, 2.24) is 0 Å². The average Bonchev–Trinajstić information content (AvgIpc) is 3.08. The number of hydrogen-bond donors (Lipinski definition) is 0. The van der Waals surface area contributed by atoms with Crippen molar-refractivity contribution >= 4 is 0 Å². The molecule has 4 nitrogen and oxygen atoms in total. The van der Waals surface area contributed by atoms with Gasteiger partial charge in [-0.2, -0.15) is 0 Å². The Labute approximate surface area is 103 Å². The van der Waals surface area contributed by atoms with Crippen LogP contribution >= 0.6 is 0 Å². The monoisotopic (exact) mass is 242 g/mol.